The Morgan fingerprint density at radius 3 is 1.73 bits per heavy atom. The standard InChI is InChI=1S/C15H16/c1-3-12-10-2-4-13-11(9(1)10)5-6-15(7-8-15)14(12)13/h1-8H2. The Kier molecular flexibility index (Phi) is 1.01. The second-order valence-corrected chi connectivity index (χ2v) is 6.05. The molecule has 5 aliphatic carbocycles. The van der Waals surface area contributed by atoms with Gasteiger partial charge in [0.25, 0.3) is 0 Å². The smallest absolute Gasteiger partial charge is 0.00375 e. The lowest BCUT2D eigenvalue weighted by molar-refractivity contribution is 0.566. The van der Waals surface area contributed by atoms with Crippen LogP contribution in [0.5, 0.6) is 0 Å². The van der Waals surface area contributed by atoms with Crippen LogP contribution in [0.2, 0.25) is 0 Å². The van der Waals surface area contributed by atoms with Crippen molar-refractivity contribution < 1.29 is 0 Å². The van der Waals surface area contributed by atoms with E-state index in [1.165, 1.54) is 51.4 Å². The van der Waals surface area contributed by atoms with Crippen LogP contribution in [0.3, 0.4) is 0 Å². The fraction of sp³-hybridized carbons (Fsp3) is 0.600. The molecule has 0 amide bonds. The van der Waals surface area contributed by atoms with Gasteiger partial charge in [-0.25, -0.2) is 0 Å². The number of benzene rings is 1. The summed E-state index contributed by atoms with van der Waals surface area (Å²) in [6.45, 7) is 0. The fourth-order valence-electron chi connectivity index (χ4n) is 4.77. The van der Waals surface area contributed by atoms with Crippen molar-refractivity contribution in [3.8, 4) is 0 Å². The predicted octanol–water partition coefficient (Wildman–Crippen LogP) is 2.86. The first-order valence-corrected chi connectivity index (χ1v) is 6.58. The van der Waals surface area contributed by atoms with Gasteiger partial charge in [0.2, 0.25) is 0 Å². The van der Waals surface area contributed by atoms with Crippen molar-refractivity contribution in [3.05, 3.63) is 33.4 Å². The Morgan fingerprint density at radius 1 is 0.533 bits per heavy atom. The molecule has 1 aromatic carbocycles. The zero-order valence-electron chi connectivity index (χ0n) is 9.16. The van der Waals surface area contributed by atoms with Crippen molar-refractivity contribution in [2.24, 2.45) is 0 Å². The van der Waals surface area contributed by atoms with E-state index in [4.69, 9.17) is 0 Å². The minimum absolute atomic E-state index is 0.718. The third kappa shape index (κ3) is 0.660. The highest BCUT2D eigenvalue weighted by Gasteiger charge is 2.51. The van der Waals surface area contributed by atoms with E-state index in [0.29, 0.717) is 0 Å². The third-order valence-electron chi connectivity index (χ3n) is 5.55. The van der Waals surface area contributed by atoms with Gasteiger partial charge >= 0.3 is 0 Å². The Bertz CT molecular complexity index is 504. The molecular formula is C15H16. The maximum atomic E-state index is 1.89. The average molecular weight is 196 g/mol. The summed E-state index contributed by atoms with van der Waals surface area (Å²) < 4.78 is 0. The zero-order valence-corrected chi connectivity index (χ0v) is 9.16. The van der Waals surface area contributed by atoms with Crippen molar-refractivity contribution in [1.29, 1.82) is 0 Å². The SMILES string of the molecule is C1Cc2c3c1c1c(c2C2(CC1)CC2)CC3. The van der Waals surface area contributed by atoms with Gasteiger partial charge in [-0.3, -0.25) is 0 Å². The summed E-state index contributed by atoms with van der Waals surface area (Å²) >= 11 is 0. The Hall–Kier alpha value is -0.780. The molecule has 0 atom stereocenters. The van der Waals surface area contributed by atoms with Crippen LogP contribution in [0.1, 0.15) is 52.6 Å². The summed E-state index contributed by atoms with van der Waals surface area (Å²) in [5, 5.41) is 0. The van der Waals surface area contributed by atoms with Gasteiger partial charge in [0.15, 0.2) is 0 Å². The lowest BCUT2D eigenvalue weighted by atomic mass is 9.69. The van der Waals surface area contributed by atoms with Crippen LogP contribution in [0.25, 0.3) is 0 Å². The van der Waals surface area contributed by atoms with Gasteiger partial charge in [-0.2, -0.15) is 0 Å². The zero-order chi connectivity index (χ0) is 9.62. The summed E-state index contributed by atoms with van der Waals surface area (Å²) in [7, 11) is 0. The van der Waals surface area contributed by atoms with E-state index in [2.05, 4.69) is 0 Å². The van der Waals surface area contributed by atoms with E-state index in [-0.39, 0.29) is 0 Å². The van der Waals surface area contributed by atoms with Crippen molar-refractivity contribution >= 4 is 0 Å². The lowest BCUT2D eigenvalue weighted by Crippen LogP contribution is -2.26. The molecule has 1 aromatic rings. The highest BCUT2D eigenvalue weighted by atomic mass is 14.6. The first-order valence-electron chi connectivity index (χ1n) is 6.58. The molecule has 0 heterocycles. The van der Waals surface area contributed by atoms with Gasteiger partial charge in [-0.15, -0.1) is 0 Å². The van der Waals surface area contributed by atoms with Crippen LogP contribution in [0, 0.1) is 0 Å². The molecular weight excluding hydrogens is 180 g/mol. The first-order chi connectivity index (χ1) is 7.39. The second kappa shape index (κ2) is 2.03. The monoisotopic (exact) mass is 196 g/mol. The molecule has 15 heavy (non-hydrogen) atoms. The summed E-state index contributed by atoms with van der Waals surface area (Å²) in [4.78, 5) is 0. The average Bonchev–Trinajstić information content (AvgIpc) is 2.91. The van der Waals surface area contributed by atoms with E-state index in [0.717, 1.165) is 5.41 Å². The molecule has 1 saturated carbocycles. The van der Waals surface area contributed by atoms with E-state index < -0.39 is 0 Å². The number of hydrogen-bond donors (Lipinski definition) is 0. The van der Waals surface area contributed by atoms with Gasteiger partial charge in [-0.1, -0.05) is 0 Å². The molecule has 0 saturated heterocycles. The molecule has 6 rings (SSSR count). The molecule has 0 N–H and O–H groups in total. The molecule has 76 valence electrons. The van der Waals surface area contributed by atoms with Crippen molar-refractivity contribution in [1.82, 2.24) is 0 Å². The molecule has 1 fully saturated rings. The highest BCUT2D eigenvalue weighted by molar-refractivity contribution is 5.64. The molecule has 5 aliphatic rings. The van der Waals surface area contributed by atoms with Gasteiger partial charge in [0.05, 0.1) is 0 Å². The van der Waals surface area contributed by atoms with Crippen LogP contribution >= 0.6 is 0 Å². The molecule has 1 spiro atoms. The first kappa shape index (κ1) is 7.49. The van der Waals surface area contributed by atoms with Crippen LogP contribution in [0.15, 0.2) is 0 Å². The topological polar surface area (TPSA) is 0 Å². The Labute approximate surface area is 90.7 Å². The number of fused-ring (bicyclic) bond motifs is 1. The fourth-order valence-corrected chi connectivity index (χ4v) is 4.77. The number of rotatable bonds is 0. The largest absolute Gasteiger partial charge is 0.0426 e. The van der Waals surface area contributed by atoms with E-state index in [1.807, 2.05) is 33.4 Å². The number of hydrogen-bond acceptors (Lipinski definition) is 0. The van der Waals surface area contributed by atoms with E-state index in [9.17, 15) is 0 Å². The minimum atomic E-state index is 0.718. The van der Waals surface area contributed by atoms with Gasteiger partial charge in [-0.05, 0) is 90.2 Å². The quantitative estimate of drug-likeness (QED) is 0.598. The van der Waals surface area contributed by atoms with Crippen LogP contribution < -0.4 is 0 Å². The van der Waals surface area contributed by atoms with Crippen molar-refractivity contribution in [2.45, 2.75) is 56.8 Å². The normalized spacial score (nSPS) is 26.4. The van der Waals surface area contributed by atoms with Gasteiger partial charge in [0, 0.05) is 0 Å². The van der Waals surface area contributed by atoms with E-state index >= 15 is 0 Å². The molecule has 6 bridgehead atoms. The van der Waals surface area contributed by atoms with Crippen LogP contribution in [0.4, 0.5) is 0 Å². The van der Waals surface area contributed by atoms with Crippen LogP contribution in [-0.2, 0) is 37.5 Å². The highest BCUT2D eigenvalue weighted by Crippen LogP contribution is 2.60. The minimum Gasteiger partial charge on any atom is -0.0426 e. The van der Waals surface area contributed by atoms with Gasteiger partial charge < -0.3 is 0 Å². The molecule has 0 aromatic heterocycles. The predicted molar refractivity (Wildman–Crippen MR) is 60.5 cm³/mol. The van der Waals surface area contributed by atoms with Crippen molar-refractivity contribution in [2.75, 3.05) is 0 Å². The van der Waals surface area contributed by atoms with E-state index in [1.54, 1.807) is 0 Å². The van der Waals surface area contributed by atoms with Crippen molar-refractivity contribution in [3.63, 3.8) is 0 Å². The lowest BCUT2D eigenvalue weighted by Gasteiger charge is -2.35. The van der Waals surface area contributed by atoms with Gasteiger partial charge in [0.1, 0.15) is 0 Å². The summed E-state index contributed by atoms with van der Waals surface area (Å²) in [5.74, 6) is 0. The Morgan fingerprint density at radius 2 is 1.07 bits per heavy atom. The summed E-state index contributed by atoms with van der Waals surface area (Å²) in [5.41, 5.74) is 11.8. The third-order valence-corrected chi connectivity index (χ3v) is 5.55. The maximum Gasteiger partial charge on any atom is -0.00375 e. The molecule has 0 aliphatic heterocycles. The van der Waals surface area contributed by atoms with Crippen LogP contribution in [-0.4, -0.2) is 0 Å². The summed E-state index contributed by atoms with van der Waals surface area (Å²) in [6.07, 6.45) is 11.5. The Balaban J connectivity index is 1.99. The molecule has 0 radical (unpaired) electrons. The maximum absolute atomic E-state index is 1.89. The molecule has 0 heteroatoms. The molecule has 0 unspecified atom stereocenters. The molecule has 0 nitrogen and oxygen atoms in total. The summed E-state index contributed by atoms with van der Waals surface area (Å²) in [6, 6.07) is 0. The second-order valence-electron chi connectivity index (χ2n) is 6.05.